The van der Waals surface area contributed by atoms with E-state index in [1.165, 1.54) is 6.07 Å². The Morgan fingerprint density at radius 1 is 1.19 bits per heavy atom. The van der Waals surface area contributed by atoms with Crippen LogP contribution in [0.25, 0.3) is 5.69 Å². The van der Waals surface area contributed by atoms with Crippen molar-refractivity contribution in [2.45, 2.75) is 0 Å². The summed E-state index contributed by atoms with van der Waals surface area (Å²) in [6.07, 6.45) is 0. The Kier molecular flexibility index (Phi) is 2.85. The first-order chi connectivity index (χ1) is 7.58. The third-order valence-corrected chi connectivity index (χ3v) is 2.65. The second-order valence-corrected chi connectivity index (χ2v) is 3.89. The summed E-state index contributed by atoms with van der Waals surface area (Å²) in [6, 6.07) is 7.91. The number of hydrogen-bond acceptors (Lipinski definition) is 3. The van der Waals surface area contributed by atoms with Gasteiger partial charge in [-0.05, 0) is 24.3 Å². The van der Waals surface area contributed by atoms with Crippen LogP contribution in [0.15, 0.2) is 35.1 Å². The van der Waals surface area contributed by atoms with E-state index in [1.807, 2.05) is 0 Å². The molecule has 0 radical (unpaired) electrons. The quantitative estimate of drug-likeness (QED) is 0.795. The molecule has 1 aromatic carbocycles. The number of aromatic nitrogens is 2. The maximum absolute atomic E-state index is 11.6. The van der Waals surface area contributed by atoms with Crippen LogP contribution < -0.4 is 11.3 Å². The molecule has 6 heteroatoms. The van der Waals surface area contributed by atoms with E-state index in [1.54, 1.807) is 24.3 Å². The zero-order valence-corrected chi connectivity index (χ0v) is 9.53. The number of benzene rings is 1. The van der Waals surface area contributed by atoms with Gasteiger partial charge in [0.1, 0.15) is 0 Å². The first-order valence-electron chi connectivity index (χ1n) is 4.39. The second kappa shape index (κ2) is 4.15. The molecular weight excluding hydrogens is 249 g/mol. The van der Waals surface area contributed by atoms with Crippen molar-refractivity contribution in [1.29, 1.82) is 0 Å². The zero-order valence-electron chi connectivity index (χ0n) is 8.02. The minimum Gasteiger partial charge on any atom is -0.399 e. The molecule has 0 bridgehead atoms. The van der Waals surface area contributed by atoms with Gasteiger partial charge in [-0.1, -0.05) is 23.2 Å². The summed E-state index contributed by atoms with van der Waals surface area (Å²) < 4.78 is 1.16. The Morgan fingerprint density at radius 3 is 2.44 bits per heavy atom. The number of rotatable bonds is 1. The van der Waals surface area contributed by atoms with E-state index >= 15 is 0 Å². The van der Waals surface area contributed by atoms with E-state index in [-0.39, 0.29) is 15.7 Å². The summed E-state index contributed by atoms with van der Waals surface area (Å²) >= 11 is 11.4. The van der Waals surface area contributed by atoms with Crippen molar-refractivity contribution in [3.8, 4) is 5.69 Å². The highest BCUT2D eigenvalue weighted by atomic mass is 35.5. The average molecular weight is 256 g/mol. The first-order valence-corrected chi connectivity index (χ1v) is 5.15. The van der Waals surface area contributed by atoms with Crippen LogP contribution in [0.2, 0.25) is 10.2 Å². The number of nitrogens with zero attached hydrogens (tertiary/aromatic N) is 2. The van der Waals surface area contributed by atoms with Crippen LogP contribution in [0.5, 0.6) is 0 Å². The Balaban J connectivity index is 2.60. The first kappa shape index (κ1) is 11.0. The monoisotopic (exact) mass is 255 g/mol. The predicted octanol–water partition coefficient (Wildman–Crippen LogP) is 2.12. The number of nitrogen functional groups attached to an aromatic ring is 1. The van der Waals surface area contributed by atoms with Crippen LogP contribution in [0.3, 0.4) is 0 Å². The molecule has 0 atom stereocenters. The highest BCUT2D eigenvalue weighted by Gasteiger charge is 2.06. The molecule has 2 rings (SSSR count). The predicted molar refractivity (Wildman–Crippen MR) is 64.3 cm³/mol. The van der Waals surface area contributed by atoms with Gasteiger partial charge in [0.25, 0.3) is 5.56 Å². The smallest absolute Gasteiger partial charge is 0.273 e. The van der Waals surface area contributed by atoms with Crippen molar-refractivity contribution in [2.24, 2.45) is 0 Å². The molecule has 4 nitrogen and oxygen atoms in total. The minimum absolute atomic E-state index is 0.0816. The fraction of sp³-hybridized carbons (Fsp3) is 0. The van der Waals surface area contributed by atoms with E-state index < -0.39 is 0 Å². The van der Waals surface area contributed by atoms with Gasteiger partial charge >= 0.3 is 0 Å². The average Bonchev–Trinajstić information content (AvgIpc) is 2.25. The Bertz CT molecular complexity index is 578. The number of anilines is 1. The standard InChI is InChI=1S/C10H7Cl2N3O/c11-8-5-9(16)15(14-10(8)12)7-3-1-6(13)2-4-7/h1-5H,13H2. The van der Waals surface area contributed by atoms with Crippen LogP contribution in [-0.4, -0.2) is 9.78 Å². The highest BCUT2D eigenvalue weighted by molar-refractivity contribution is 6.41. The summed E-state index contributed by atoms with van der Waals surface area (Å²) in [5.74, 6) is 0. The zero-order chi connectivity index (χ0) is 11.7. The lowest BCUT2D eigenvalue weighted by Crippen LogP contribution is -2.20. The second-order valence-electron chi connectivity index (χ2n) is 3.12. The number of nitrogens with two attached hydrogens (primary N) is 1. The van der Waals surface area contributed by atoms with Gasteiger partial charge in [-0.2, -0.15) is 9.78 Å². The van der Waals surface area contributed by atoms with Gasteiger partial charge < -0.3 is 5.73 Å². The van der Waals surface area contributed by atoms with Crippen molar-refractivity contribution < 1.29 is 0 Å². The van der Waals surface area contributed by atoms with Gasteiger partial charge in [-0.15, -0.1) is 0 Å². The van der Waals surface area contributed by atoms with Crippen molar-refractivity contribution in [3.63, 3.8) is 0 Å². The molecule has 2 N–H and O–H groups in total. The molecule has 16 heavy (non-hydrogen) atoms. The Hall–Kier alpha value is -1.52. The molecule has 0 aliphatic rings. The molecule has 0 saturated heterocycles. The largest absolute Gasteiger partial charge is 0.399 e. The molecule has 0 saturated carbocycles. The van der Waals surface area contributed by atoms with Crippen LogP contribution in [0, 0.1) is 0 Å². The molecule has 2 aromatic rings. The fourth-order valence-corrected chi connectivity index (χ4v) is 1.48. The van der Waals surface area contributed by atoms with Gasteiger partial charge in [0, 0.05) is 11.8 Å². The summed E-state index contributed by atoms with van der Waals surface area (Å²) in [6.45, 7) is 0. The summed E-state index contributed by atoms with van der Waals surface area (Å²) in [5.41, 5.74) is 6.38. The minimum atomic E-state index is -0.348. The van der Waals surface area contributed by atoms with E-state index in [0.29, 0.717) is 11.4 Å². The summed E-state index contributed by atoms with van der Waals surface area (Å²) in [7, 11) is 0. The molecule has 1 aromatic heterocycles. The molecule has 0 amide bonds. The lowest BCUT2D eigenvalue weighted by Gasteiger charge is -2.05. The molecule has 0 fully saturated rings. The Morgan fingerprint density at radius 2 is 1.81 bits per heavy atom. The molecule has 82 valence electrons. The van der Waals surface area contributed by atoms with Crippen LogP contribution in [0.4, 0.5) is 5.69 Å². The van der Waals surface area contributed by atoms with Crippen molar-refractivity contribution in [2.75, 3.05) is 5.73 Å². The molecule has 0 aliphatic heterocycles. The highest BCUT2D eigenvalue weighted by Crippen LogP contribution is 2.17. The third kappa shape index (κ3) is 2.03. The SMILES string of the molecule is Nc1ccc(-n2nc(Cl)c(Cl)cc2=O)cc1. The third-order valence-electron chi connectivity index (χ3n) is 1.98. The maximum Gasteiger partial charge on any atom is 0.273 e. The maximum atomic E-state index is 11.6. The van der Waals surface area contributed by atoms with Gasteiger partial charge in [-0.3, -0.25) is 4.79 Å². The Labute approximate surface area is 101 Å². The van der Waals surface area contributed by atoms with Crippen molar-refractivity contribution in [3.05, 3.63) is 50.9 Å². The van der Waals surface area contributed by atoms with Crippen molar-refractivity contribution in [1.82, 2.24) is 9.78 Å². The number of halogens is 2. The summed E-state index contributed by atoms with van der Waals surface area (Å²) in [4.78, 5) is 11.6. The van der Waals surface area contributed by atoms with E-state index in [4.69, 9.17) is 28.9 Å². The number of hydrogen-bond donors (Lipinski definition) is 1. The van der Waals surface area contributed by atoms with Crippen molar-refractivity contribution >= 4 is 28.9 Å². The molecule has 1 heterocycles. The van der Waals surface area contributed by atoms with E-state index in [2.05, 4.69) is 5.10 Å². The van der Waals surface area contributed by atoms with Gasteiger partial charge in [0.15, 0.2) is 5.15 Å². The van der Waals surface area contributed by atoms with Crippen LogP contribution in [-0.2, 0) is 0 Å². The molecule has 0 unspecified atom stereocenters. The van der Waals surface area contributed by atoms with E-state index in [0.717, 1.165) is 4.68 Å². The van der Waals surface area contributed by atoms with E-state index in [9.17, 15) is 4.79 Å². The molecule has 0 spiro atoms. The molecular formula is C10H7Cl2N3O. The van der Waals surface area contributed by atoms with Gasteiger partial charge in [-0.25, -0.2) is 0 Å². The van der Waals surface area contributed by atoms with Crippen LogP contribution in [0.1, 0.15) is 0 Å². The molecule has 0 aliphatic carbocycles. The topological polar surface area (TPSA) is 60.9 Å². The lowest BCUT2D eigenvalue weighted by molar-refractivity contribution is 0.808. The summed E-state index contributed by atoms with van der Waals surface area (Å²) in [5, 5.41) is 4.09. The van der Waals surface area contributed by atoms with Gasteiger partial charge in [0.2, 0.25) is 0 Å². The normalized spacial score (nSPS) is 10.4. The fourth-order valence-electron chi connectivity index (χ4n) is 1.21. The van der Waals surface area contributed by atoms with Crippen LogP contribution >= 0.6 is 23.2 Å². The lowest BCUT2D eigenvalue weighted by atomic mass is 10.3. The van der Waals surface area contributed by atoms with Gasteiger partial charge in [0.05, 0.1) is 10.7 Å².